The van der Waals surface area contributed by atoms with Crippen LogP contribution in [-0.4, -0.2) is 56.4 Å². The molecule has 1 aromatic carbocycles. The van der Waals surface area contributed by atoms with Crippen LogP contribution in [0.4, 0.5) is 0 Å². The van der Waals surface area contributed by atoms with Gasteiger partial charge in [-0.05, 0) is 26.0 Å². The van der Waals surface area contributed by atoms with E-state index in [4.69, 9.17) is 14.2 Å². The van der Waals surface area contributed by atoms with Crippen molar-refractivity contribution in [1.29, 1.82) is 0 Å². The van der Waals surface area contributed by atoms with Gasteiger partial charge < -0.3 is 14.2 Å². The van der Waals surface area contributed by atoms with Gasteiger partial charge in [0.05, 0.1) is 19.8 Å². The number of hydrogen-bond acceptors (Lipinski definition) is 5. The largest absolute Gasteiger partial charge is 0.491 e. The number of aryl methyl sites for hydroxylation is 1. The lowest BCUT2D eigenvalue weighted by atomic mass is 10.2. The maximum atomic E-state index is 11.5. The molecule has 1 atom stereocenters. The predicted octanol–water partition coefficient (Wildman–Crippen LogP) is 1.64. The van der Waals surface area contributed by atoms with E-state index in [-0.39, 0.29) is 12.1 Å². The summed E-state index contributed by atoms with van der Waals surface area (Å²) in [5, 5.41) is 0. The molecule has 1 saturated heterocycles. The summed E-state index contributed by atoms with van der Waals surface area (Å²) in [6.45, 7) is 7.13. The molecule has 1 aromatic rings. The maximum Gasteiger partial charge on any atom is 0.320 e. The molecule has 1 unspecified atom stereocenters. The second-order valence-electron chi connectivity index (χ2n) is 5.16. The fraction of sp³-hybridized carbons (Fsp3) is 0.562. The van der Waals surface area contributed by atoms with Gasteiger partial charge in [-0.2, -0.15) is 0 Å². The molecule has 1 aliphatic heterocycles. The van der Waals surface area contributed by atoms with Crippen molar-refractivity contribution in [2.75, 3.05) is 39.5 Å². The van der Waals surface area contributed by atoms with Crippen molar-refractivity contribution in [2.24, 2.45) is 0 Å². The quantitative estimate of drug-likeness (QED) is 0.746. The Balaban J connectivity index is 1.76. The summed E-state index contributed by atoms with van der Waals surface area (Å²) in [5.74, 6) is 0.657. The molecule has 2 rings (SSSR count). The van der Waals surface area contributed by atoms with E-state index in [2.05, 4.69) is 0 Å². The van der Waals surface area contributed by atoms with Crippen LogP contribution in [0.5, 0.6) is 5.75 Å². The molecule has 0 radical (unpaired) electrons. The number of nitrogens with zero attached hydrogens (tertiary/aromatic N) is 1. The highest BCUT2D eigenvalue weighted by Gasteiger charge is 2.23. The van der Waals surface area contributed by atoms with Crippen molar-refractivity contribution in [1.82, 2.24) is 4.90 Å². The average Bonchev–Trinajstić information content (AvgIpc) is 2.47. The first kappa shape index (κ1) is 15.8. The lowest BCUT2D eigenvalue weighted by molar-refractivity contribution is -0.146. The second kappa shape index (κ2) is 8.00. The zero-order valence-electron chi connectivity index (χ0n) is 12.7. The van der Waals surface area contributed by atoms with Crippen molar-refractivity contribution in [3.8, 4) is 5.75 Å². The minimum Gasteiger partial charge on any atom is -0.491 e. The number of morpholine rings is 1. The normalized spacial score (nSPS) is 19.2. The Kier molecular flexibility index (Phi) is 6.02. The second-order valence-corrected chi connectivity index (χ2v) is 5.16. The molecule has 0 aliphatic carbocycles. The van der Waals surface area contributed by atoms with Gasteiger partial charge >= 0.3 is 5.97 Å². The summed E-state index contributed by atoms with van der Waals surface area (Å²) in [7, 11) is 0. The number of esters is 1. The van der Waals surface area contributed by atoms with Crippen molar-refractivity contribution in [2.45, 2.75) is 20.0 Å². The van der Waals surface area contributed by atoms with Crippen LogP contribution in [0, 0.1) is 6.92 Å². The van der Waals surface area contributed by atoms with Crippen molar-refractivity contribution in [3.63, 3.8) is 0 Å². The van der Waals surface area contributed by atoms with Gasteiger partial charge in [0.2, 0.25) is 0 Å². The standard InChI is InChI=1S/C16H23NO4/c1-3-19-16(18)11-17-8-9-20-15(10-17)12-21-14-6-4-13(2)5-7-14/h4-7,15H,3,8-12H2,1-2H3. The number of carbonyl (C=O) groups is 1. The topological polar surface area (TPSA) is 48.0 Å². The summed E-state index contributed by atoms with van der Waals surface area (Å²) < 4.78 is 16.4. The minimum absolute atomic E-state index is 0.0190. The summed E-state index contributed by atoms with van der Waals surface area (Å²) in [5.41, 5.74) is 1.21. The monoisotopic (exact) mass is 293 g/mol. The smallest absolute Gasteiger partial charge is 0.320 e. The van der Waals surface area contributed by atoms with E-state index < -0.39 is 0 Å². The Hall–Kier alpha value is -1.59. The average molecular weight is 293 g/mol. The minimum atomic E-state index is -0.183. The molecule has 1 heterocycles. The third-order valence-corrected chi connectivity index (χ3v) is 3.34. The lowest BCUT2D eigenvalue weighted by Crippen LogP contribution is -2.47. The van der Waals surface area contributed by atoms with Crippen LogP contribution in [0.15, 0.2) is 24.3 Å². The molecule has 0 spiro atoms. The van der Waals surface area contributed by atoms with E-state index in [1.165, 1.54) is 5.56 Å². The van der Waals surface area contributed by atoms with Crippen LogP contribution in [0.3, 0.4) is 0 Å². The number of hydrogen-bond donors (Lipinski definition) is 0. The molecular weight excluding hydrogens is 270 g/mol. The fourth-order valence-corrected chi connectivity index (χ4v) is 2.24. The van der Waals surface area contributed by atoms with Crippen LogP contribution in [0.1, 0.15) is 12.5 Å². The summed E-state index contributed by atoms with van der Waals surface area (Å²) in [4.78, 5) is 13.5. The Morgan fingerprint density at radius 3 is 2.86 bits per heavy atom. The third-order valence-electron chi connectivity index (χ3n) is 3.34. The van der Waals surface area contributed by atoms with Crippen LogP contribution in [0.2, 0.25) is 0 Å². The zero-order valence-corrected chi connectivity index (χ0v) is 12.7. The van der Waals surface area contributed by atoms with Crippen molar-refractivity contribution >= 4 is 5.97 Å². The van der Waals surface area contributed by atoms with E-state index in [9.17, 15) is 4.79 Å². The van der Waals surface area contributed by atoms with E-state index >= 15 is 0 Å². The Bertz CT molecular complexity index is 446. The van der Waals surface area contributed by atoms with Gasteiger partial charge in [-0.25, -0.2) is 0 Å². The van der Waals surface area contributed by atoms with Gasteiger partial charge in [-0.3, -0.25) is 9.69 Å². The zero-order chi connectivity index (χ0) is 15.1. The van der Waals surface area contributed by atoms with E-state index in [0.717, 1.165) is 12.3 Å². The van der Waals surface area contributed by atoms with Gasteiger partial charge in [0.15, 0.2) is 0 Å². The lowest BCUT2D eigenvalue weighted by Gasteiger charge is -2.32. The van der Waals surface area contributed by atoms with Crippen LogP contribution >= 0.6 is 0 Å². The predicted molar refractivity (Wildman–Crippen MR) is 79.5 cm³/mol. The molecule has 21 heavy (non-hydrogen) atoms. The molecule has 1 fully saturated rings. The molecule has 0 N–H and O–H groups in total. The summed E-state index contributed by atoms with van der Waals surface area (Å²) in [6.07, 6.45) is -0.0190. The summed E-state index contributed by atoms with van der Waals surface area (Å²) in [6, 6.07) is 7.94. The first-order valence-corrected chi connectivity index (χ1v) is 7.36. The Morgan fingerprint density at radius 2 is 2.14 bits per heavy atom. The van der Waals surface area contributed by atoms with Crippen LogP contribution < -0.4 is 4.74 Å². The van der Waals surface area contributed by atoms with Crippen molar-refractivity contribution < 1.29 is 19.0 Å². The highest BCUT2D eigenvalue weighted by Crippen LogP contribution is 2.13. The molecule has 0 amide bonds. The molecule has 0 aromatic heterocycles. The highest BCUT2D eigenvalue weighted by molar-refractivity contribution is 5.71. The Morgan fingerprint density at radius 1 is 1.38 bits per heavy atom. The number of benzene rings is 1. The first-order valence-electron chi connectivity index (χ1n) is 7.36. The van der Waals surface area contributed by atoms with E-state index in [1.54, 1.807) is 0 Å². The molecule has 5 nitrogen and oxygen atoms in total. The Labute approximate surface area is 125 Å². The van der Waals surface area contributed by atoms with Gasteiger partial charge in [0.1, 0.15) is 18.5 Å². The molecule has 0 bridgehead atoms. The van der Waals surface area contributed by atoms with Crippen LogP contribution in [-0.2, 0) is 14.3 Å². The van der Waals surface area contributed by atoms with Gasteiger partial charge in [0.25, 0.3) is 0 Å². The van der Waals surface area contributed by atoms with Gasteiger partial charge in [-0.15, -0.1) is 0 Å². The third kappa shape index (κ3) is 5.36. The fourth-order valence-electron chi connectivity index (χ4n) is 2.24. The first-order chi connectivity index (χ1) is 10.2. The van der Waals surface area contributed by atoms with Crippen molar-refractivity contribution in [3.05, 3.63) is 29.8 Å². The maximum absolute atomic E-state index is 11.5. The molecule has 0 saturated carbocycles. The highest BCUT2D eigenvalue weighted by atomic mass is 16.5. The van der Waals surface area contributed by atoms with Crippen LogP contribution in [0.25, 0.3) is 0 Å². The molecule has 116 valence electrons. The molecule has 5 heteroatoms. The number of rotatable bonds is 6. The van der Waals surface area contributed by atoms with Gasteiger partial charge in [-0.1, -0.05) is 17.7 Å². The summed E-state index contributed by atoms with van der Waals surface area (Å²) >= 11 is 0. The molecule has 1 aliphatic rings. The van der Waals surface area contributed by atoms with E-state index in [0.29, 0.717) is 32.9 Å². The number of ether oxygens (including phenoxy) is 3. The van der Waals surface area contributed by atoms with Gasteiger partial charge in [0, 0.05) is 13.1 Å². The number of carbonyl (C=O) groups excluding carboxylic acids is 1. The SMILES string of the molecule is CCOC(=O)CN1CCOC(COc2ccc(C)cc2)C1. The molecular formula is C16H23NO4. The van der Waals surface area contributed by atoms with E-state index in [1.807, 2.05) is 43.0 Å².